The highest BCUT2D eigenvalue weighted by atomic mass is 79.9. The number of amides is 1. The lowest BCUT2D eigenvalue weighted by atomic mass is 10.4. The molecule has 0 spiro atoms. The number of hydrogen-bond acceptors (Lipinski definition) is 3. The topological polar surface area (TPSA) is 57.6 Å². The van der Waals surface area contributed by atoms with E-state index in [-0.39, 0.29) is 12.5 Å². The fourth-order valence-electron chi connectivity index (χ4n) is 1.51. The highest BCUT2D eigenvalue weighted by Crippen LogP contribution is 2.27. The van der Waals surface area contributed by atoms with Crippen molar-refractivity contribution in [2.45, 2.75) is 18.2 Å². The minimum atomic E-state index is -0.978. The standard InChI is InChI=1S/C13H16BrNO3S/c1-2-15(9-13(17)18)12(16)7-8-19-11-6-4-3-5-10(11)14/h3-6H,2,7-9H2,1H3,(H,17,18). The van der Waals surface area contributed by atoms with E-state index in [1.165, 1.54) is 4.90 Å². The molecule has 0 radical (unpaired) electrons. The van der Waals surface area contributed by atoms with Crippen molar-refractivity contribution in [1.29, 1.82) is 0 Å². The van der Waals surface area contributed by atoms with E-state index in [9.17, 15) is 9.59 Å². The van der Waals surface area contributed by atoms with Gasteiger partial charge in [0.1, 0.15) is 6.54 Å². The van der Waals surface area contributed by atoms with Gasteiger partial charge in [0.05, 0.1) is 0 Å². The number of carbonyl (C=O) groups is 2. The summed E-state index contributed by atoms with van der Waals surface area (Å²) in [6.07, 6.45) is 0.340. The molecule has 0 aromatic heterocycles. The number of halogens is 1. The van der Waals surface area contributed by atoms with Gasteiger partial charge in [-0.3, -0.25) is 9.59 Å². The maximum atomic E-state index is 11.8. The van der Waals surface area contributed by atoms with Crippen LogP contribution in [0.5, 0.6) is 0 Å². The fraction of sp³-hybridized carbons (Fsp3) is 0.385. The van der Waals surface area contributed by atoms with Crippen LogP contribution >= 0.6 is 27.7 Å². The lowest BCUT2D eigenvalue weighted by Gasteiger charge is -2.18. The molecule has 0 atom stereocenters. The maximum absolute atomic E-state index is 11.8. The van der Waals surface area contributed by atoms with Gasteiger partial charge in [-0.25, -0.2) is 0 Å². The largest absolute Gasteiger partial charge is 0.480 e. The van der Waals surface area contributed by atoms with Crippen LogP contribution in [-0.2, 0) is 9.59 Å². The van der Waals surface area contributed by atoms with E-state index in [0.29, 0.717) is 18.7 Å². The van der Waals surface area contributed by atoms with Crippen LogP contribution in [0.15, 0.2) is 33.6 Å². The van der Waals surface area contributed by atoms with Gasteiger partial charge in [0.25, 0.3) is 0 Å². The predicted octanol–water partition coefficient (Wildman–Crippen LogP) is 2.86. The van der Waals surface area contributed by atoms with Crippen molar-refractivity contribution in [3.63, 3.8) is 0 Å². The number of likely N-dealkylation sites (N-methyl/N-ethyl adjacent to an activating group) is 1. The lowest BCUT2D eigenvalue weighted by Crippen LogP contribution is -2.35. The van der Waals surface area contributed by atoms with E-state index in [0.717, 1.165) is 9.37 Å². The molecule has 1 amide bonds. The zero-order chi connectivity index (χ0) is 14.3. The molecule has 104 valence electrons. The van der Waals surface area contributed by atoms with E-state index in [4.69, 9.17) is 5.11 Å². The summed E-state index contributed by atoms with van der Waals surface area (Å²) in [5.74, 6) is -0.462. The molecule has 1 aromatic carbocycles. The van der Waals surface area contributed by atoms with Crippen molar-refractivity contribution in [1.82, 2.24) is 4.90 Å². The number of thioether (sulfide) groups is 1. The number of hydrogen-bond donors (Lipinski definition) is 1. The Morgan fingerprint density at radius 2 is 2.05 bits per heavy atom. The molecule has 0 unspecified atom stereocenters. The molecule has 19 heavy (non-hydrogen) atoms. The molecule has 0 saturated carbocycles. The molecule has 0 heterocycles. The molecule has 0 bridgehead atoms. The van der Waals surface area contributed by atoms with E-state index in [1.807, 2.05) is 24.3 Å². The monoisotopic (exact) mass is 345 g/mol. The number of aliphatic carboxylic acids is 1. The minimum absolute atomic E-state index is 0.121. The highest BCUT2D eigenvalue weighted by molar-refractivity contribution is 9.10. The molecule has 1 N–H and O–H groups in total. The Kier molecular flexibility index (Phi) is 6.94. The molecule has 0 aliphatic heterocycles. The second-order valence-corrected chi connectivity index (χ2v) is 5.82. The first-order valence-corrected chi connectivity index (χ1v) is 7.69. The summed E-state index contributed by atoms with van der Waals surface area (Å²) in [7, 11) is 0. The van der Waals surface area contributed by atoms with Crippen LogP contribution in [-0.4, -0.2) is 40.7 Å². The Morgan fingerprint density at radius 3 is 2.63 bits per heavy atom. The normalized spacial score (nSPS) is 10.2. The average Bonchev–Trinajstić information content (AvgIpc) is 2.37. The Labute approximate surface area is 125 Å². The third-order valence-electron chi connectivity index (χ3n) is 2.47. The molecule has 0 aliphatic carbocycles. The summed E-state index contributed by atoms with van der Waals surface area (Å²) in [6, 6.07) is 7.81. The molecule has 1 aromatic rings. The highest BCUT2D eigenvalue weighted by Gasteiger charge is 2.14. The number of nitrogens with zero attached hydrogens (tertiary/aromatic N) is 1. The third kappa shape index (κ3) is 5.65. The lowest BCUT2D eigenvalue weighted by molar-refractivity contribution is -0.144. The number of carbonyl (C=O) groups excluding carboxylic acids is 1. The second kappa shape index (κ2) is 8.22. The summed E-state index contributed by atoms with van der Waals surface area (Å²) in [5.41, 5.74) is 0. The number of rotatable bonds is 7. The van der Waals surface area contributed by atoms with Gasteiger partial charge in [-0.05, 0) is 35.0 Å². The zero-order valence-corrected chi connectivity index (χ0v) is 13.0. The molecule has 6 heteroatoms. The van der Waals surface area contributed by atoms with E-state index < -0.39 is 5.97 Å². The van der Waals surface area contributed by atoms with Crippen LogP contribution in [0.25, 0.3) is 0 Å². The van der Waals surface area contributed by atoms with Gasteiger partial charge in [-0.15, -0.1) is 11.8 Å². The van der Waals surface area contributed by atoms with Gasteiger partial charge in [-0.2, -0.15) is 0 Å². The summed E-state index contributed by atoms with van der Waals surface area (Å²) >= 11 is 5.03. The van der Waals surface area contributed by atoms with Crippen LogP contribution in [0.2, 0.25) is 0 Å². The van der Waals surface area contributed by atoms with Crippen LogP contribution in [0, 0.1) is 0 Å². The Morgan fingerprint density at radius 1 is 1.37 bits per heavy atom. The van der Waals surface area contributed by atoms with Gasteiger partial charge < -0.3 is 10.0 Å². The van der Waals surface area contributed by atoms with Gasteiger partial charge in [0, 0.05) is 28.1 Å². The summed E-state index contributed by atoms with van der Waals surface area (Å²) in [4.78, 5) is 24.9. The number of carboxylic acid groups (broad SMARTS) is 1. The molecule has 0 saturated heterocycles. The van der Waals surface area contributed by atoms with Gasteiger partial charge in [-0.1, -0.05) is 12.1 Å². The van der Waals surface area contributed by atoms with Gasteiger partial charge >= 0.3 is 5.97 Å². The summed E-state index contributed by atoms with van der Waals surface area (Å²) in [5, 5.41) is 8.70. The van der Waals surface area contributed by atoms with Crippen molar-refractivity contribution >= 4 is 39.6 Å². The average molecular weight is 346 g/mol. The Hall–Kier alpha value is -1.01. The van der Waals surface area contributed by atoms with E-state index >= 15 is 0 Å². The smallest absolute Gasteiger partial charge is 0.323 e. The zero-order valence-electron chi connectivity index (χ0n) is 10.6. The van der Waals surface area contributed by atoms with E-state index in [2.05, 4.69) is 15.9 Å². The summed E-state index contributed by atoms with van der Waals surface area (Å²) < 4.78 is 1.00. The minimum Gasteiger partial charge on any atom is -0.480 e. The van der Waals surface area contributed by atoms with Crippen molar-refractivity contribution in [2.24, 2.45) is 0 Å². The second-order valence-electron chi connectivity index (χ2n) is 3.83. The van der Waals surface area contributed by atoms with Crippen LogP contribution < -0.4 is 0 Å². The van der Waals surface area contributed by atoms with Crippen LogP contribution in [0.1, 0.15) is 13.3 Å². The van der Waals surface area contributed by atoms with Crippen molar-refractivity contribution in [3.05, 3.63) is 28.7 Å². The molecular weight excluding hydrogens is 330 g/mol. The first kappa shape index (κ1) is 16.0. The van der Waals surface area contributed by atoms with Gasteiger partial charge in [0.15, 0.2) is 0 Å². The Balaban J connectivity index is 2.42. The first-order valence-electron chi connectivity index (χ1n) is 5.91. The Bertz CT molecular complexity index is 453. The van der Waals surface area contributed by atoms with E-state index in [1.54, 1.807) is 18.7 Å². The quantitative estimate of drug-likeness (QED) is 0.772. The van der Waals surface area contributed by atoms with Crippen LogP contribution in [0.4, 0.5) is 0 Å². The number of carboxylic acids is 1. The fourth-order valence-corrected chi connectivity index (χ4v) is 3.01. The van der Waals surface area contributed by atoms with Crippen LogP contribution in [0.3, 0.4) is 0 Å². The van der Waals surface area contributed by atoms with Crippen molar-refractivity contribution < 1.29 is 14.7 Å². The van der Waals surface area contributed by atoms with Gasteiger partial charge in [0.2, 0.25) is 5.91 Å². The third-order valence-corrected chi connectivity index (χ3v) is 4.50. The maximum Gasteiger partial charge on any atom is 0.323 e. The molecule has 0 fully saturated rings. The summed E-state index contributed by atoms with van der Waals surface area (Å²) in [6.45, 7) is 1.97. The SMILES string of the molecule is CCN(CC(=O)O)C(=O)CCSc1ccccc1Br. The molecule has 1 rings (SSSR count). The molecular formula is C13H16BrNO3S. The number of benzene rings is 1. The van der Waals surface area contributed by atoms with Crippen molar-refractivity contribution in [3.8, 4) is 0 Å². The molecule has 0 aliphatic rings. The molecule has 4 nitrogen and oxygen atoms in total. The predicted molar refractivity (Wildman–Crippen MR) is 79.4 cm³/mol. The first-order chi connectivity index (χ1) is 9.04. The van der Waals surface area contributed by atoms with Crippen molar-refractivity contribution in [2.75, 3.05) is 18.8 Å².